The molecule has 0 saturated heterocycles. The Kier molecular flexibility index (Phi) is 13.0. The predicted molar refractivity (Wildman–Crippen MR) is 204 cm³/mol. The summed E-state index contributed by atoms with van der Waals surface area (Å²) in [4.78, 5) is 0. The molecule has 0 radical (unpaired) electrons. The summed E-state index contributed by atoms with van der Waals surface area (Å²) in [5, 5.41) is 45.7. The number of hydrogen-bond donors (Lipinski definition) is 4. The summed E-state index contributed by atoms with van der Waals surface area (Å²) < 4.78 is 0. The lowest BCUT2D eigenvalue weighted by molar-refractivity contribution is -0.130. The molecule has 7 saturated carbocycles. The van der Waals surface area contributed by atoms with Crippen LogP contribution in [0.2, 0.25) is 0 Å². The molecule has 4 nitrogen and oxygen atoms in total. The third kappa shape index (κ3) is 8.39. The second kappa shape index (κ2) is 17.1. The maximum Gasteiger partial charge on any atom is 0.0599 e. The number of aliphatic hydroxyl groups excluding tert-OH is 4. The molecule has 4 N–H and O–H groups in total. The van der Waals surface area contributed by atoms with E-state index in [1.54, 1.807) is 0 Å². The predicted octanol–water partition coefficient (Wildman–Crippen LogP) is 10.5. The molecular formula is C46H80O4. The summed E-state index contributed by atoms with van der Waals surface area (Å²) in [6, 6.07) is 0. The topological polar surface area (TPSA) is 80.9 Å². The Hall–Kier alpha value is -0.160. The highest BCUT2D eigenvalue weighted by atomic mass is 16.3. The lowest BCUT2D eigenvalue weighted by Crippen LogP contribution is -2.53. The minimum absolute atomic E-state index is 0.126. The fourth-order valence-corrected chi connectivity index (χ4v) is 15.0. The molecular weight excluding hydrogens is 617 g/mol. The maximum atomic E-state index is 12.4. The van der Waals surface area contributed by atoms with Crippen molar-refractivity contribution in [2.75, 3.05) is 0 Å². The van der Waals surface area contributed by atoms with E-state index in [4.69, 9.17) is 0 Å². The zero-order chi connectivity index (χ0) is 34.8. The number of rotatable bonds is 8. The van der Waals surface area contributed by atoms with Gasteiger partial charge in [0.25, 0.3) is 0 Å². The minimum atomic E-state index is -0.145. The van der Waals surface area contributed by atoms with Gasteiger partial charge in [-0.3, -0.25) is 0 Å². The molecule has 0 heterocycles. The molecule has 0 aromatic heterocycles. The van der Waals surface area contributed by atoms with Gasteiger partial charge in [0.05, 0.1) is 24.4 Å². The van der Waals surface area contributed by atoms with Gasteiger partial charge in [-0.25, -0.2) is 0 Å². The van der Waals surface area contributed by atoms with E-state index in [9.17, 15) is 20.4 Å². The van der Waals surface area contributed by atoms with Crippen LogP contribution in [0.1, 0.15) is 187 Å². The Morgan fingerprint density at radius 2 is 0.820 bits per heavy atom. The molecule has 7 fully saturated rings. The molecule has 7 rings (SSSR count). The second-order valence-electron chi connectivity index (χ2n) is 20.6. The fourth-order valence-electron chi connectivity index (χ4n) is 15.0. The van der Waals surface area contributed by atoms with Crippen LogP contribution in [0.25, 0.3) is 0 Å². The third-order valence-electron chi connectivity index (χ3n) is 17.9. The normalized spacial score (nSPS) is 47.2. The summed E-state index contributed by atoms with van der Waals surface area (Å²) in [6.07, 6.45) is 33.3. The average molecular weight is 697 g/mol. The molecule has 0 aromatic rings. The highest BCUT2D eigenvalue weighted by Crippen LogP contribution is 2.62. The van der Waals surface area contributed by atoms with E-state index in [1.807, 2.05) is 0 Å². The van der Waals surface area contributed by atoms with Crippen LogP contribution in [0.4, 0.5) is 0 Å². The second-order valence-corrected chi connectivity index (χ2v) is 20.6. The van der Waals surface area contributed by atoms with Gasteiger partial charge in [-0.05, 0) is 166 Å². The first kappa shape index (κ1) is 38.1. The Morgan fingerprint density at radius 3 is 1.22 bits per heavy atom. The quantitative estimate of drug-likeness (QED) is 0.204. The van der Waals surface area contributed by atoms with Crippen LogP contribution in [0, 0.1) is 76.4 Å². The molecule has 0 bridgehead atoms. The number of aliphatic hydroxyl groups is 4. The van der Waals surface area contributed by atoms with Crippen LogP contribution in [0.3, 0.4) is 0 Å². The SMILES string of the molecule is CC1CC(O)CCC1CC1CC(C2(C3CC(CC4CCC(O)CC4C)C(O)C(C4CCCCC4)C3)CCCCC2)CC(C2CCCCC2)C1O. The van der Waals surface area contributed by atoms with Crippen molar-refractivity contribution in [3.8, 4) is 0 Å². The molecule has 0 spiro atoms. The van der Waals surface area contributed by atoms with Crippen LogP contribution in [-0.4, -0.2) is 44.8 Å². The van der Waals surface area contributed by atoms with E-state index in [1.165, 1.54) is 135 Å². The van der Waals surface area contributed by atoms with Crippen LogP contribution in [0.15, 0.2) is 0 Å². The van der Waals surface area contributed by atoms with Crippen molar-refractivity contribution in [2.45, 2.75) is 212 Å². The van der Waals surface area contributed by atoms with Crippen LogP contribution in [0.5, 0.6) is 0 Å². The molecule has 0 aliphatic heterocycles. The summed E-state index contributed by atoms with van der Waals surface area (Å²) in [5.74, 6) is 7.00. The van der Waals surface area contributed by atoms with E-state index < -0.39 is 0 Å². The Morgan fingerprint density at radius 1 is 0.420 bits per heavy atom. The van der Waals surface area contributed by atoms with Gasteiger partial charge < -0.3 is 20.4 Å². The highest BCUT2D eigenvalue weighted by Gasteiger charge is 2.55. The molecule has 0 aromatic carbocycles. The molecule has 4 heteroatoms. The summed E-state index contributed by atoms with van der Waals surface area (Å²) in [6.45, 7) is 4.77. The van der Waals surface area contributed by atoms with Gasteiger partial charge in [0.15, 0.2) is 0 Å². The molecule has 288 valence electrons. The lowest BCUT2D eigenvalue weighted by atomic mass is 9.47. The highest BCUT2D eigenvalue weighted by molar-refractivity contribution is 5.05. The Labute approximate surface area is 307 Å². The molecule has 14 unspecified atom stereocenters. The van der Waals surface area contributed by atoms with E-state index in [-0.39, 0.29) is 24.4 Å². The van der Waals surface area contributed by atoms with Gasteiger partial charge in [-0.15, -0.1) is 0 Å². The largest absolute Gasteiger partial charge is 0.393 e. The van der Waals surface area contributed by atoms with E-state index in [0.29, 0.717) is 76.4 Å². The zero-order valence-electron chi connectivity index (χ0n) is 32.6. The standard InChI is InChI=1S/C46H80O4/c1-30-22-40(47)18-16-34(30)24-36-26-38(28-42(44(36)49)32-12-6-3-7-13-32)46(20-10-5-11-21-46)39-27-37(25-35-17-19-41(48)23-31(35)2)45(50)43(29-39)33-14-8-4-9-15-33/h30-45,47-50H,3-29H2,1-2H3. The monoisotopic (exact) mass is 697 g/mol. The first-order valence-electron chi connectivity index (χ1n) is 22.9. The van der Waals surface area contributed by atoms with Crippen molar-refractivity contribution in [3.63, 3.8) is 0 Å². The van der Waals surface area contributed by atoms with Crippen molar-refractivity contribution in [3.05, 3.63) is 0 Å². The third-order valence-corrected chi connectivity index (χ3v) is 17.9. The Balaban J connectivity index is 1.19. The summed E-state index contributed by atoms with van der Waals surface area (Å²) in [7, 11) is 0. The van der Waals surface area contributed by atoms with Gasteiger partial charge in [0, 0.05) is 0 Å². The van der Waals surface area contributed by atoms with Gasteiger partial charge in [-0.2, -0.15) is 0 Å². The van der Waals surface area contributed by atoms with Gasteiger partial charge in [0.1, 0.15) is 0 Å². The van der Waals surface area contributed by atoms with Crippen molar-refractivity contribution >= 4 is 0 Å². The Bertz CT molecular complexity index is 953. The first-order valence-corrected chi connectivity index (χ1v) is 22.9. The van der Waals surface area contributed by atoms with Gasteiger partial charge in [-0.1, -0.05) is 97.3 Å². The van der Waals surface area contributed by atoms with Crippen LogP contribution in [-0.2, 0) is 0 Å². The minimum Gasteiger partial charge on any atom is -0.393 e. The number of hydrogen-bond acceptors (Lipinski definition) is 4. The molecule has 50 heavy (non-hydrogen) atoms. The van der Waals surface area contributed by atoms with E-state index in [2.05, 4.69) is 13.8 Å². The molecule has 14 atom stereocenters. The van der Waals surface area contributed by atoms with Gasteiger partial charge in [0.2, 0.25) is 0 Å². The fraction of sp³-hybridized carbons (Fsp3) is 1.00. The first-order chi connectivity index (χ1) is 24.2. The van der Waals surface area contributed by atoms with Gasteiger partial charge >= 0.3 is 0 Å². The molecule has 7 aliphatic carbocycles. The van der Waals surface area contributed by atoms with Crippen molar-refractivity contribution in [2.24, 2.45) is 76.4 Å². The summed E-state index contributed by atoms with van der Waals surface area (Å²) in [5.41, 5.74) is 0.373. The van der Waals surface area contributed by atoms with Crippen molar-refractivity contribution in [1.82, 2.24) is 0 Å². The van der Waals surface area contributed by atoms with Crippen molar-refractivity contribution < 1.29 is 20.4 Å². The smallest absolute Gasteiger partial charge is 0.0599 e. The van der Waals surface area contributed by atoms with Crippen LogP contribution >= 0.6 is 0 Å². The molecule has 0 amide bonds. The summed E-state index contributed by atoms with van der Waals surface area (Å²) >= 11 is 0. The lowest BCUT2D eigenvalue weighted by Gasteiger charge is -2.58. The van der Waals surface area contributed by atoms with E-state index >= 15 is 0 Å². The van der Waals surface area contributed by atoms with Crippen LogP contribution < -0.4 is 0 Å². The average Bonchev–Trinajstić information content (AvgIpc) is 3.13. The van der Waals surface area contributed by atoms with E-state index in [0.717, 1.165) is 38.5 Å². The zero-order valence-corrected chi connectivity index (χ0v) is 32.6. The maximum absolute atomic E-state index is 12.4. The molecule has 7 aliphatic rings. The van der Waals surface area contributed by atoms with Crippen molar-refractivity contribution in [1.29, 1.82) is 0 Å².